The molecule has 0 atom stereocenters. The van der Waals surface area contributed by atoms with E-state index < -0.39 is 0 Å². The van der Waals surface area contributed by atoms with Crippen LogP contribution in [0.4, 0.5) is 5.82 Å². The molecule has 0 aliphatic carbocycles. The van der Waals surface area contributed by atoms with Crippen LogP contribution in [0.5, 0.6) is 0 Å². The Labute approximate surface area is 107 Å². The molecule has 0 aliphatic rings. The summed E-state index contributed by atoms with van der Waals surface area (Å²) in [5.74, 6) is 1.81. The Morgan fingerprint density at radius 1 is 1.22 bits per heavy atom. The summed E-state index contributed by atoms with van der Waals surface area (Å²) in [7, 11) is 1.88. The Morgan fingerprint density at radius 3 is 2.72 bits per heavy atom. The van der Waals surface area contributed by atoms with E-state index in [4.69, 9.17) is 0 Å². The first kappa shape index (κ1) is 12.5. The van der Waals surface area contributed by atoms with E-state index in [1.165, 1.54) is 0 Å². The monoisotopic (exact) mass is 245 g/mol. The number of imidazole rings is 1. The molecule has 2 aromatic heterocycles. The number of hydrogen-bond donors (Lipinski definition) is 1. The van der Waals surface area contributed by atoms with Crippen LogP contribution in [0.15, 0.2) is 18.7 Å². The lowest BCUT2D eigenvalue weighted by Crippen LogP contribution is -2.06. The average Bonchev–Trinajstić information content (AvgIpc) is 2.86. The van der Waals surface area contributed by atoms with Gasteiger partial charge in [-0.15, -0.1) is 0 Å². The van der Waals surface area contributed by atoms with Crippen molar-refractivity contribution in [1.82, 2.24) is 19.5 Å². The van der Waals surface area contributed by atoms with E-state index in [0.29, 0.717) is 0 Å². The van der Waals surface area contributed by atoms with Crippen molar-refractivity contribution in [2.24, 2.45) is 0 Å². The minimum absolute atomic E-state index is 0.880. The van der Waals surface area contributed by atoms with Gasteiger partial charge in [0.1, 0.15) is 17.8 Å². The van der Waals surface area contributed by atoms with Crippen LogP contribution in [0.3, 0.4) is 0 Å². The highest BCUT2D eigenvalue weighted by Gasteiger charge is 2.14. The number of aromatic nitrogens is 4. The summed E-state index contributed by atoms with van der Waals surface area (Å²) in [4.78, 5) is 13.1. The third-order valence-corrected chi connectivity index (χ3v) is 2.93. The maximum absolute atomic E-state index is 4.43. The molecule has 96 valence electrons. The van der Waals surface area contributed by atoms with Gasteiger partial charge in [0, 0.05) is 31.5 Å². The first-order valence-electron chi connectivity index (χ1n) is 6.34. The fourth-order valence-electron chi connectivity index (χ4n) is 2.10. The topological polar surface area (TPSA) is 55.6 Å². The van der Waals surface area contributed by atoms with Crippen LogP contribution >= 0.6 is 0 Å². The molecule has 0 aromatic carbocycles. The highest BCUT2D eigenvalue weighted by atomic mass is 15.1. The smallest absolute Gasteiger partial charge is 0.159 e. The van der Waals surface area contributed by atoms with Gasteiger partial charge in [-0.2, -0.15) is 0 Å². The Balaban J connectivity index is 2.52. The molecule has 2 heterocycles. The summed E-state index contributed by atoms with van der Waals surface area (Å²) in [6.45, 7) is 5.22. The molecule has 2 aromatic rings. The molecular weight excluding hydrogens is 226 g/mol. The van der Waals surface area contributed by atoms with E-state index in [9.17, 15) is 0 Å². The molecule has 5 nitrogen and oxygen atoms in total. The van der Waals surface area contributed by atoms with Crippen molar-refractivity contribution in [3.05, 3.63) is 24.3 Å². The van der Waals surface area contributed by atoms with Gasteiger partial charge in [-0.3, -0.25) is 0 Å². The van der Waals surface area contributed by atoms with Crippen LogP contribution in [-0.4, -0.2) is 26.6 Å². The zero-order chi connectivity index (χ0) is 13.0. The van der Waals surface area contributed by atoms with Gasteiger partial charge in [-0.1, -0.05) is 13.8 Å². The molecule has 0 bridgehead atoms. The molecule has 5 heteroatoms. The molecule has 0 saturated carbocycles. The van der Waals surface area contributed by atoms with Crippen molar-refractivity contribution in [2.45, 2.75) is 33.2 Å². The maximum atomic E-state index is 4.43. The lowest BCUT2D eigenvalue weighted by molar-refractivity contribution is 0.683. The molecule has 18 heavy (non-hydrogen) atoms. The van der Waals surface area contributed by atoms with Gasteiger partial charge in [0.25, 0.3) is 0 Å². The lowest BCUT2D eigenvalue weighted by atomic mass is 10.1. The second kappa shape index (κ2) is 5.62. The van der Waals surface area contributed by atoms with Crippen LogP contribution in [0.1, 0.15) is 25.8 Å². The number of aryl methyl sites for hydroxylation is 1. The van der Waals surface area contributed by atoms with Gasteiger partial charge in [-0.05, 0) is 12.8 Å². The standard InChI is InChI=1S/C13H19N5/c1-4-7-18-8-6-15-13(18)11-10(5-2)12(14-3)17-9-16-11/h6,8-9H,4-5,7H2,1-3H3,(H,14,16,17). The van der Waals surface area contributed by atoms with Crippen LogP contribution in [-0.2, 0) is 13.0 Å². The SMILES string of the molecule is CCCn1ccnc1-c1ncnc(NC)c1CC. The van der Waals surface area contributed by atoms with Crippen molar-refractivity contribution < 1.29 is 0 Å². The van der Waals surface area contributed by atoms with E-state index in [-0.39, 0.29) is 0 Å². The number of hydrogen-bond acceptors (Lipinski definition) is 4. The first-order valence-corrected chi connectivity index (χ1v) is 6.34. The summed E-state index contributed by atoms with van der Waals surface area (Å²) >= 11 is 0. The number of nitrogens with zero attached hydrogens (tertiary/aromatic N) is 4. The molecule has 2 rings (SSSR count). The van der Waals surface area contributed by atoms with Crippen LogP contribution in [0.25, 0.3) is 11.5 Å². The summed E-state index contributed by atoms with van der Waals surface area (Å²) in [5.41, 5.74) is 2.04. The van der Waals surface area contributed by atoms with Gasteiger partial charge in [-0.25, -0.2) is 15.0 Å². The van der Waals surface area contributed by atoms with Gasteiger partial charge in [0.2, 0.25) is 0 Å². The van der Waals surface area contributed by atoms with Crippen molar-refractivity contribution >= 4 is 5.82 Å². The molecule has 0 spiro atoms. The molecule has 0 radical (unpaired) electrons. The van der Waals surface area contributed by atoms with Gasteiger partial charge >= 0.3 is 0 Å². The van der Waals surface area contributed by atoms with Gasteiger partial charge in [0.15, 0.2) is 5.82 Å². The van der Waals surface area contributed by atoms with E-state index in [2.05, 4.69) is 38.7 Å². The normalized spacial score (nSPS) is 10.6. The highest BCUT2D eigenvalue weighted by Crippen LogP contribution is 2.24. The third kappa shape index (κ3) is 2.20. The van der Waals surface area contributed by atoms with Crippen LogP contribution in [0.2, 0.25) is 0 Å². The molecule has 0 aliphatic heterocycles. The van der Waals surface area contributed by atoms with Crippen molar-refractivity contribution in [3.63, 3.8) is 0 Å². The minimum Gasteiger partial charge on any atom is -0.373 e. The maximum Gasteiger partial charge on any atom is 0.159 e. The molecule has 0 saturated heterocycles. The number of nitrogens with one attached hydrogen (secondary N) is 1. The molecule has 0 fully saturated rings. The Bertz CT molecular complexity index is 518. The van der Waals surface area contributed by atoms with E-state index in [1.54, 1.807) is 6.33 Å². The second-order valence-corrected chi connectivity index (χ2v) is 4.10. The van der Waals surface area contributed by atoms with Gasteiger partial charge in [0.05, 0.1) is 0 Å². The zero-order valence-corrected chi connectivity index (χ0v) is 11.1. The molecule has 0 unspecified atom stereocenters. The Morgan fingerprint density at radius 2 is 2.06 bits per heavy atom. The van der Waals surface area contributed by atoms with Crippen molar-refractivity contribution in [2.75, 3.05) is 12.4 Å². The number of rotatable bonds is 5. The fraction of sp³-hybridized carbons (Fsp3) is 0.462. The molecule has 1 N–H and O–H groups in total. The highest BCUT2D eigenvalue weighted by molar-refractivity contribution is 5.63. The van der Waals surface area contributed by atoms with Crippen LogP contribution in [0, 0.1) is 0 Å². The fourth-order valence-corrected chi connectivity index (χ4v) is 2.10. The van der Waals surface area contributed by atoms with E-state index in [1.807, 2.05) is 19.4 Å². The quantitative estimate of drug-likeness (QED) is 0.878. The van der Waals surface area contributed by atoms with E-state index >= 15 is 0 Å². The second-order valence-electron chi connectivity index (χ2n) is 4.10. The zero-order valence-electron chi connectivity index (χ0n) is 11.1. The first-order chi connectivity index (χ1) is 8.81. The lowest BCUT2D eigenvalue weighted by Gasteiger charge is -2.12. The van der Waals surface area contributed by atoms with Crippen molar-refractivity contribution in [3.8, 4) is 11.5 Å². The minimum atomic E-state index is 0.880. The predicted octanol–water partition coefficient (Wildman–Crippen LogP) is 2.35. The average molecular weight is 245 g/mol. The van der Waals surface area contributed by atoms with Crippen molar-refractivity contribution in [1.29, 1.82) is 0 Å². The summed E-state index contributed by atoms with van der Waals surface area (Å²) < 4.78 is 2.14. The summed E-state index contributed by atoms with van der Waals surface area (Å²) in [6, 6.07) is 0. The molecular formula is C13H19N5. The summed E-state index contributed by atoms with van der Waals surface area (Å²) in [6.07, 6.45) is 7.37. The largest absolute Gasteiger partial charge is 0.373 e. The Hall–Kier alpha value is -1.91. The Kier molecular flexibility index (Phi) is 3.92. The predicted molar refractivity (Wildman–Crippen MR) is 72.5 cm³/mol. The number of anilines is 1. The van der Waals surface area contributed by atoms with Gasteiger partial charge < -0.3 is 9.88 Å². The summed E-state index contributed by atoms with van der Waals surface area (Å²) in [5, 5.41) is 3.11. The van der Waals surface area contributed by atoms with Crippen LogP contribution < -0.4 is 5.32 Å². The third-order valence-electron chi connectivity index (χ3n) is 2.93. The molecule has 0 amide bonds. The van der Waals surface area contributed by atoms with E-state index in [0.717, 1.165) is 42.3 Å².